The van der Waals surface area contributed by atoms with Gasteiger partial charge in [0.1, 0.15) is 5.75 Å². The minimum atomic E-state index is 0.527. The van der Waals surface area contributed by atoms with Crippen LogP contribution in [0.2, 0.25) is 0 Å². The van der Waals surface area contributed by atoms with Gasteiger partial charge < -0.3 is 23.8 Å². The summed E-state index contributed by atoms with van der Waals surface area (Å²) in [6.45, 7) is 0. The summed E-state index contributed by atoms with van der Waals surface area (Å²) in [6.07, 6.45) is 0. The van der Waals surface area contributed by atoms with Crippen molar-refractivity contribution in [1.29, 1.82) is 0 Å². The molecule has 0 fully saturated rings. The molecule has 0 N–H and O–H groups in total. The SMILES string of the molecule is COc1ccc(CSc2nnc(-c3cc(OC)c(OC)c(OC)c3)n2-c2ccc(N(C)C)cc2)cc1. The van der Waals surface area contributed by atoms with Crippen LogP contribution in [0, 0.1) is 0 Å². The maximum absolute atomic E-state index is 5.58. The van der Waals surface area contributed by atoms with Gasteiger partial charge in [0.15, 0.2) is 22.5 Å². The van der Waals surface area contributed by atoms with Crippen molar-refractivity contribution in [1.82, 2.24) is 14.8 Å². The monoisotopic (exact) mass is 506 g/mol. The van der Waals surface area contributed by atoms with E-state index >= 15 is 0 Å². The van der Waals surface area contributed by atoms with Gasteiger partial charge in [-0.3, -0.25) is 4.57 Å². The highest BCUT2D eigenvalue weighted by atomic mass is 32.2. The van der Waals surface area contributed by atoms with Crippen molar-refractivity contribution in [3.8, 4) is 40.1 Å². The lowest BCUT2D eigenvalue weighted by Crippen LogP contribution is -2.08. The summed E-state index contributed by atoms with van der Waals surface area (Å²) in [5, 5.41) is 9.90. The molecule has 0 saturated carbocycles. The van der Waals surface area contributed by atoms with Crippen LogP contribution in [0.15, 0.2) is 65.8 Å². The molecule has 4 rings (SSSR count). The third kappa shape index (κ3) is 5.21. The standard InChI is InChI=1S/C27H30N4O4S/c1-30(2)20-9-11-21(12-10-20)31-26(19-15-23(33-4)25(35-6)24(16-19)34-5)28-29-27(31)36-17-18-7-13-22(32-3)14-8-18/h7-16H,17H2,1-6H3. The lowest BCUT2D eigenvalue weighted by Gasteiger charge is -2.16. The van der Waals surface area contributed by atoms with Gasteiger partial charge in [0, 0.05) is 36.8 Å². The van der Waals surface area contributed by atoms with Crippen LogP contribution in [0.3, 0.4) is 0 Å². The number of aromatic nitrogens is 3. The smallest absolute Gasteiger partial charge is 0.203 e. The summed E-state index contributed by atoms with van der Waals surface area (Å²) >= 11 is 1.61. The molecule has 3 aromatic carbocycles. The molecule has 9 heteroatoms. The number of anilines is 1. The molecular formula is C27H30N4O4S. The normalized spacial score (nSPS) is 10.7. The maximum Gasteiger partial charge on any atom is 0.203 e. The summed E-state index contributed by atoms with van der Waals surface area (Å²) in [5.74, 6) is 3.86. The highest BCUT2D eigenvalue weighted by molar-refractivity contribution is 7.98. The van der Waals surface area contributed by atoms with Crippen LogP contribution in [0.25, 0.3) is 17.1 Å². The Morgan fingerprint density at radius 3 is 1.94 bits per heavy atom. The average Bonchev–Trinajstić information content (AvgIpc) is 3.35. The first-order valence-corrected chi connectivity index (χ1v) is 12.3. The molecule has 0 aliphatic rings. The molecule has 4 aromatic rings. The van der Waals surface area contributed by atoms with Crippen LogP contribution >= 0.6 is 11.8 Å². The Morgan fingerprint density at radius 2 is 1.42 bits per heavy atom. The first kappa shape index (κ1) is 25.2. The van der Waals surface area contributed by atoms with E-state index in [2.05, 4.69) is 51.5 Å². The quantitative estimate of drug-likeness (QED) is 0.268. The van der Waals surface area contributed by atoms with Crippen LogP contribution in [0.5, 0.6) is 23.0 Å². The van der Waals surface area contributed by atoms with E-state index in [0.717, 1.165) is 39.2 Å². The minimum absolute atomic E-state index is 0.527. The molecule has 0 amide bonds. The number of ether oxygens (including phenoxy) is 4. The number of nitrogens with zero attached hydrogens (tertiary/aromatic N) is 4. The summed E-state index contributed by atoms with van der Waals surface area (Å²) in [4.78, 5) is 2.06. The average molecular weight is 507 g/mol. The highest BCUT2D eigenvalue weighted by Crippen LogP contribution is 2.42. The molecule has 0 spiro atoms. The van der Waals surface area contributed by atoms with Crippen molar-refractivity contribution >= 4 is 17.4 Å². The molecule has 0 bridgehead atoms. The van der Waals surface area contributed by atoms with Gasteiger partial charge in [0.2, 0.25) is 5.75 Å². The number of rotatable bonds is 10. The second-order valence-electron chi connectivity index (χ2n) is 8.10. The minimum Gasteiger partial charge on any atom is -0.497 e. The zero-order valence-corrected chi connectivity index (χ0v) is 22.1. The van der Waals surface area contributed by atoms with Crippen LogP contribution in [0.4, 0.5) is 5.69 Å². The Bertz CT molecular complexity index is 1280. The third-order valence-electron chi connectivity index (χ3n) is 5.71. The molecule has 0 atom stereocenters. The van der Waals surface area contributed by atoms with Crippen LogP contribution < -0.4 is 23.8 Å². The Hall–Kier alpha value is -3.85. The van der Waals surface area contributed by atoms with E-state index in [9.17, 15) is 0 Å². The van der Waals surface area contributed by atoms with Gasteiger partial charge in [-0.1, -0.05) is 23.9 Å². The van der Waals surface area contributed by atoms with Gasteiger partial charge in [-0.25, -0.2) is 0 Å². The van der Waals surface area contributed by atoms with Crippen molar-refractivity contribution in [2.75, 3.05) is 47.4 Å². The second-order valence-corrected chi connectivity index (χ2v) is 9.05. The van der Waals surface area contributed by atoms with Crippen molar-refractivity contribution in [2.45, 2.75) is 10.9 Å². The summed E-state index contributed by atoms with van der Waals surface area (Å²) in [5.41, 5.74) is 4.01. The van der Waals surface area contributed by atoms with Gasteiger partial charge in [0.25, 0.3) is 0 Å². The molecule has 8 nitrogen and oxygen atoms in total. The van der Waals surface area contributed by atoms with Crippen LogP contribution in [0.1, 0.15) is 5.56 Å². The van der Waals surface area contributed by atoms with E-state index in [1.165, 1.54) is 0 Å². The van der Waals surface area contributed by atoms with Crippen molar-refractivity contribution in [3.05, 3.63) is 66.2 Å². The van der Waals surface area contributed by atoms with Gasteiger partial charge in [0.05, 0.1) is 28.4 Å². The first-order chi connectivity index (χ1) is 17.5. The van der Waals surface area contributed by atoms with E-state index in [4.69, 9.17) is 18.9 Å². The van der Waals surface area contributed by atoms with Crippen LogP contribution in [-0.4, -0.2) is 57.3 Å². The fourth-order valence-electron chi connectivity index (χ4n) is 3.76. The molecular weight excluding hydrogens is 476 g/mol. The van der Waals surface area contributed by atoms with E-state index in [1.54, 1.807) is 40.2 Å². The number of hydrogen-bond acceptors (Lipinski definition) is 8. The van der Waals surface area contributed by atoms with Gasteiger partial charge >= 0.3 is 0 Å². The predicted octanol–water partition coefficient (Wildman–Crippen LogP) is 5.33. The topological polar surface area (TPSA) is 70.9 Å². The number of thioether (sulfide) groups is 1. The second kappa shape index (κ2) is 11.3. The van der Waals surface area contributed by atoms with Crippen molar-refractivity contribution in [3.63, 3.8) is 0 Å². The summed E-state index contributed by atoms with van der Waals surface area (Å²) in [7, 11) is 10.5. The van der Waals surface area contributed by atoms with Crippen molar-refractivity contribution in [2.24, 2.45) is 0 Å². The maximum atomic E-state index is 5.58. The predicted molar refractivity (Wildman–Crippen MR) is 143 cm³/mol. The van der Waals surface area contributed by atoms with Gasteiger partial charge in [-0.05, 0) is 54.1 Å². The molecule has 0 aliphatic carbocycles. The fourth-order valence-corrected chi connectivity index (χ4v) is 4.67. The number of methoxy groups -OCH3 is 4. The van der Waals surface area contributed by atoms with Crippen LogP contribution in [-0.2, 0) is 5.75 Å². The van der Waals surface area contributed by atoms with Gasteiger partial charge in [-0.2, -0.15) is 0 Å². The Labute approximate surface area is 215 Å². The van der Waals surface area contributed by atoms with Crippen molar-refractivity contribution < 1.29 is 18.9 Å². The Morgan fingerprint density at radius 1 is 0.778 bits per heavy atom. The van der Waals surface area contributed by atoms with E-state index < -0.39 is 0 Å². The lowest BCUT2D eigenvalue weighted by atomic mass is 10.1. The highest BCUT2D eigenvalue weighted by Gasteiger charge is 2.21. The molecule has 1 aromatic heterocycles. The molecule has 0 saturated heterocycles. The van der Waals surface area contributed by atoms with Gasteiger partial charge in [-0.15, -0.1) is 10.2 Å². The zero-order valence-electron chi connectivity index (χ0n) is 21.3. The lowest BCUT2D eigenvalue weighted by molar-refractivity contribution is 0.324. The first-order valence-electron chi connectivity index (χ1n) is 11.3. The zero-order chi connectivity index (χ0) is 25.7. The van der Waals surface area contributed by atoms with E-state index in [-0.39, 0.29) is 0 Å². The molecule has 0 radical (unpaired) electrons. The fraction of sp³-hybridized carbons (Fsp3) is 0.259. The Balaban J connectivity index is 1.78. The third-order valence-corrected chi connectivity index (χ3v) is 6.71. The largest absolute Gasteiger partial charge is 0.497 e. The van der Waals surface area contributed by atoms with E-state index in [1.807, 2.05) is 42.9 Å². The molecule has 1 heterocycles. The summed E-state index contributed by atoms with van der Waals surface area (Å²) < 4.78 is 24.0. The molecule has 36 heavy (non-hydrogen) atoms. The Kier molecular flexibility index (Phi) is 7.90. The molecule has 0 aliphatic heterocycles. The molecule has 0 unspecified atom stereocenters. The number of hydrogen-bond donors (Lipinski definition) is 0. The molecule has 188 valence electrons. The summed E-state index contributed by atoms with van der Waals surface area (Å²) in [6, 6.07) is 20.1. The number of benzene rings is 3. The van der Waals surface area contributed by atoms with E-state index in [0.29, 0.717) is 23.1 Å².